The second-order valence-electron chi connectivity index (χ2n) is 14.7. The summed E-state index contributed by atoms with van der Waals surface area (Å²) in [4.78, 5) is 45.1. The first kappa shape index (κ1) is 43.3. The van der Waals surface area contributed by atoms with Gasteiger partial charge in [-0.3, -0.25) is 24.2 Å². The molecule has 2 heterocycles. The lowest BCUT2D eigenvalue weighted by Crippen LogP contribution is -2.33. The van der Waals surface area contributed by atoms with E-state index < -0.39 is 39.2 Å². The number of amides is 2. The monoisotopic (exact) mass is 854 g/mol. The van der Waals surface area contributed by atoms with Crippen LogP contribution in [0.4, 0.5) is 17.2 Å². The fourth-order valence-electron chi connectivity index (χ4n) is 5.82. The maximum Gasteiger partial charge on any atom is 0.297 e. The summed E-state index contributed by atoms with van der Waals surface area (Å²) in [5, 5.41) is 7.86. The average Bonchev–Trinajstić information content (AvgIpc) is 3.45. The number of nitrogens with one attached hydrogen (secondary N) is 4. The minimum absolute atomic E-state index is 0.0339. The summed E-state index contributed by atoms with van der Waals surface area (Å²) in [7, 11) is -4.42. The number of carbonyl (C=O) groups excluding carboxylic acids is 2. The fourth-order valence-corrected chi connectivity index (χ4v) is 7.83. The summed E-state index contributed by atoms with van der Waals surface area (Å²) < 4.78 is 36.1. The molecular formula is C41H45Cl3N6O6S. The van der Waals surface area contributed by atoms with Gasteiger partial charge in [-0.2, -0.15) is 8.42 Å². The smallest absolute Gasteiger partial charge is 0.297 e. The lowest BCUT2D eigenvalue weighted by atomic mass is 9.76. The number of rotatable bonds is 15. The second-order valence-corrected chi connectivity index (χ2v) is 17.6. The van der Waals surface area contributed by atoms with Crippen molar-refractivity contribution in [2.24, 2.45) is 0 Å². The molecular weight excluding hydrogens is 811 g/mol. The highest BCUT2D eigenvalue weighted by molar-refractivity contribution is 7.92. The van der Waals surface area contributed by atoms with Gasteiger partial charge >= 0.3 is 0 Å². The highest BCUT2D eigenvalue weighted by Crippen LogP contribution is 2.39. The van der Waals surface area contributed by atoms with Crippen molar-refractivity contribution in [1.82, 2.24) is 14.8 Å². The van der Waals surface area contributed by atoms with Crippen LogP contribution in [0, 0.1) is 0 Å². The lowest BCUT2D eigenvalue weighted by Gasteiger charge is -2.31. The van der Waals surface area contributed by atoms with Gasteiger partial charge in [0, 0.05) is 28.0 Å². The van der Waals surface area contributed by atoms with E-state index in [1.807, 2.05) is 13.0 Å². The van der Waals surface area contributed by atoms with E-state index in [4.69, 9.17) is 39.5 Å². The molecule has 57 heavy (non-hydrogen) atoms. The number of hydrogen-bond donors (Lipinski definition) is 4. The molecule has 1 unspecified atom stereocenters. The number of H-pyrrole nitrogens is 1. The van der Waals surface area contributed by atoms with Crippen LogP contribution in [-0.4, -0.2) is 41.1 Å². The van der Waals surface area contributed by atoms with Crippen molar-refractivity contribution in [3.05, 3.63) is 121 Å². The van der Waals surface area contributed by atoms with E-state index in [1.54, 1.807) is 12.1 Å². The van der Waals surface area contributed by atoms with Crippen molar-refractivity contribution in [3.8, 4) is 11.4 Å². The molecule has 16 heteroatoms. The molecule has 4 N–H and O–H groups in total. The van der Waals surface area contributed by atoms with Gasteiger partial charge in [-0.1, -0.05) is 108 Å². The minimum atomic E-state index is -4.42. The lowest BCUT2D eigenvalue weighted by molar-refractivity contribution is -0.122. The van der Waals surface area contributed by atoms with Crippen molar-refractivity contribution in [2.75, 3.05) is 15.4 Å². The molecule has 0 bridgehead atoms. The summed E-state index contributed by atoms with van der Waals surface area (Å²) in [6.07, 6.45) is 2.60. The Bertz CT molecular complexity index is 2440. The molecule has 0 aliphatic heterocycles. The van der Waals surface area contributed by atoms with Crippen molar-refractivity contribution >= 4 is 73.8 Å². The van der Waals surface area contributed by atoms with Crippen LogP contribution in [0.3, 0.4) is 0 Å². The number of halogens is 3. The summed E-state index contributed by atoms with van der Waals surface area (Å²) >= 11 is 18.9. The van der Waals surface area contributed by atoms with Gasteiger partial charge in [0.1, 0.15) is 11.4 Å². The molecule has 2 amide bonds. The van der Waals surface area contributed by atoms with Crippen LogP contribution in [0.15, 0.2) is 88.8 Å². The highest BCUT2D eigenvalue weighted by Gasteiger charge is 2.30. The number of ether oxygens (including phenoxy) is 1. The summed E-state index contributed by atoms with van der Waals surface area (Å²) in [6.45, 7) is 14.8. The molecule has 0 fully saturated rings. The SMILES string of the molecule is CCC(Oc1ccc(C(C)(C)CC)cc1C(C)(C)CC)C(=O)Nc1cccc(C(=O)Nc2[nH]n(-c3c(Cl)cc(Cl)cc3Cl)c(=O)c2NS(=O)(=O)c2ccccn2)c1. The third-order valence-electron chi connectivity index (χ3n) is 10.1. The third-order valence-corrected chi connectivity index (χ3v) is 12.1. The molecule has 0 radical (unpaired) electrons. The Morgan fingerprint density at radius 1 is 0.877 bits per heavy atom. The van der Waals surface area contributed by atoms with E-state index >= 15 is 0 Å². The molecule has 5 rings (SSSR count). The molecule has 12 nitrogen and oxygen atoms in total. The van der Waals surface area contributed by atoms with Crippen molar-refractivity contribution < 1.29 is 22.7 Å². The maximum absolute atomic E-state index is 13.8. The Morgan fingerprint density at radius 3 is 2.18 bits per heavy atom. The number of sulfonamides is 1. The molecule has 0 aliphatic carbocycles. The van der Waals surface area contributed by atoms with Gasteiger partial charge in [-0.15, -0.1) is 0 Å². The highest BCUT2D eigenvalue weighted by atomic mass is 35.5. The van der Waals surface area contributed by atoms with Gasteiger partial charge in [0.15, 0.2) is 22.6 Å². The first-order valence-electron chi connectivity index (χ1n) is 18.3. The van der Waals surface area contributed by atoms with Crippen molar-refractivity contribution in [3.63, 3.8) is 0 Å². The number of aromatic nitrogens is 3. The quantitative estimate of drug-likeness (QED) is 0.0814. The molecule has 0 saturated carbocycles. The van der Waals surface area contributed by atoms with Crippen LogP contribution in [0.1, 0.15) is 89.2 Å². The fraction of sp³-hybridized carbons (Fsp3) is 0.317. The number of carbonyl (C=O) groups is 2. The van der Waals surface area contributed by atoms with Crippen LogP contribution in [0.5, 0.6) is 5.75 Å². The average molecular weight is 856 g/mol. The largest absolute Gasteiger partial charge is 0.480 e. The number of benzene rings is 3. The molecule has 5 aromatic rings. The third kappa shape index (κ3) is 9.66. The number of aromatic amines is 1. The molecule has 302 valence electrons. The molecule has 1 atom stereocenters. The van der Waals surface area contributed by atoms with E-state index in [2.05, 4.69) is 79.1 Å². The number of anilines is 3. The molecule has 3 aromatic carbocycles. The van der Waals surface area contributed by atoms with Crippen LogP contribution < -0.4 is 25.7 Å². The summed E-state index contributed by atoms with van der Waals surface area (Å²) in [5.41, 5.74) is 0.765. The van der Waals surface area contributed by atoms with E-state index in [-0.39, 0.29) is 48.0 Å². The summed E-state index contributed by atoms with van der Waals surface area (Å²) in [6, 6.07) is 19.2. The molecule has 0 saturated heterocycles. The van der Waals surface area contributed by atoms with Gasteiger partial charge in [0.25, 0.3) is 27.4 Å². The van der Waals surface area contributed by atoms with Crippen molar-refractivity contribution in [1.29, 1.82) is 0 Å². The first-order valence-corrected chi connectivity index (χ1v) is 20.9. The predicted molar refractivity (Wildman–Crippen MR) is 227 cm³/mol. The first-order chi connectivity index (χ1) is 26.8. The topological polar surface area (TPSA) is 164 Å². The van der Waals surface area contributed by atoms with E-state index in [1.165, 1.54) is 54.2 Å². The Hall–Kier alpha value is -4.82. The second kappa shape index (κ2) is 17.4. The van der Waals surface area contributed by atoms with Crippen LogP contribution in [0.25, 0.3) is 5.69 Å². The minimum Gasteiger partial charge on any atom is -0.480 e. The number of pyridine rings is 1. The van der Waals surface area contributed by atoms with Gasteiger partial charge in [-0.25, -0.2) is 9.67 Å². The molecule has 0 spiro atoms. The Labute approximate surface area is 347 Å². The van der Waals surface area contributed by atoms with E-state index in [0.717, 1.165) is 23.1 Å². The van der Waals surface area contributed by atoms with Gasteiger partial charge in [0.05, 0.1) is 10.0 Å². The predicted octanol–water partition coefficient (Wildman–Crippen LogP) is 9.75. The Balaban J connectivity index is 1.43. The summed E-state index contributed by atoms with van der Waals surface area (Å²) in [5.74, 6) is -0.877. The van der Waals surface area contributed by atoms with E-state index in [9.17, 15) is 22.8 Å². The maximum atomic E-state index is 13.8. The zero-order valence-corrected chi connectivity index (χ0v) is 35.7. The van der Waals surface area contributed by atoms with Crippen LogP contribution in [-0.2, 0) is 25.6 Å². The standard InChI is InChI=1S/C41H45Cl3N6O6S/c1-8-31(56-32-18-17-25(40(4,5)9-2)21-28(32)41(6,7)10-3)38(52)46-27-15-13-14-24(20-27)37(51)47-36-34(49-57(54,55)33-16-11-12-19-45-33)39(53)50(48-36)35-29(43)22-26(42)23-30(35)44/h11-23,31,48-49H,8-10H2,1-7H3,(H,46,52)(H,47,51). The van der Waals surface area contributed by atoms with Crippen molar-refractivity contribution in [2.45, 2.75) is 89.7 Å². The Kier molecular flexibility index (Phi) is 13.2. The van der Waals surface area contributed by atoms with Gasteiger partial charge < -0.3 is 15.4 Å². The van der Waals surface area contributed by atoms with Gasteiger partial charge in [0.2, 0.25) is 0 Å². The number of hydrogen-bond acceptors (Lipinski definition) is 7. The Morgan fingerprint density at radius 2 is 1.56 bits per heavy atom. The number of nitrogens with zero attached hydrogens (tertiary/aromatic N) is 2. The van der Waals surface area contributed by atoms with Gasteiger partial charge in [-0.05, 0) is 84.2 Å². The zero-order valence-electron chi connectivity index (χ0n) is 32.6. The van der Waals surface area contributed by atoms with Crippen LogP contribution in [0.2, 0.25) is 15.1 Å². The zero-order chi connectivity index (χ0) is 41.9. The van der Waals surface area contributed by atoms with E-state index in [0.29, 0.717) is 17.9 Å². The molecule has 0 aliphatic rings. The molecule has 2 aromatic heterocycles. The normalized spacial score (nSPS) is 12.5. The van der Waals surface area contributed by atoms with Crippen LogP contribution >= 0.6 is 34.8 Å².